The number of rotatable bonds is 8. The lowest BCUT2D eigenvalue weighted by atomic mass is 10.1. The molecule has 1 aromatic heterocycles. The molecule has 0 saturated heterocycles. The zero-order valence-corrected chi connectivity index (χ0v) is 14.8. The summed E-state index contributed by atoms with van der Waals surface area (Å²) in [5.41, 5.74) is 2.34. The molecule has 0 unspecified atom stereocenters. The maximum atomic E-state index is 9.18. The van der Waals surface area contributed by atoms with Crippen LogP contribution in [0.1, 0.15) is 18.2 Å². The minimum atomic E-state index is -0.234. The summed E-state index contributed by atoms with van der Waals surface area (Å²) in [5.74, 6) is 1.92. The van der Waals surface area contributed by atoms with Crippen LogP contribution in [0.25, 0.3) is 11.3 Å². The summed E-state index contributed by atoms with van der Waals surface area (Å²) in [6.45, 7) is 7.53. The number of benzene rings is 1. The molecule has 2 aromatic rings. The van der Waals surface area contributed by atoms with Crippen LogP contribution in [-0.2, 0) is 6.54 Å². The van der Waals surface area contributed by atoms with Crippen molar-refractivity contribution < 1.29 is 20.2 Å². The van der Waals surface area contributed by atoms with E-state index >= 15 is 0 Å². The molecular formula is C17H25BrN2O2+2. The number of quaternary nitrogens is 2. The first kappa shape index (κ1) is 17.2. The second-order valence-corrected chi connectivity index (χ2v) is 6.58. The van der Waals surface area contributed by atoms with Gasteiger partial charge in [-0.15, -0.1) is 0 Å². The van der Waals surface area contributed by atoms with Crippen molar-refractivity contribution in [3.63, 3.8) is 0 Å². The van der Waals surface area contributed by atoms with Crippen LogP contribution < -0.4 is 10.6 Å². The summed E-state index contributed by atoms with van der Waals surface area (Å²) in [4.78, 5) is 0. The van der Waals surface area contributed by atoms with Crippen molar-refractivity contribution in [3.05, 3.63) is 46.1 Å². The second kappa shape index (κ2) is 8.48. The molecule has 22 heavy (non-hydrogen) atoms. The van der Waals surface area contributed by atoms with Crippen LogP contribution >= 0.6 is 15.9 Å². The fourth-order valence-electron chi connectivity index (χ4n) is 2.37. The lowest BCUT2D eigenvalue weighted by Crippen LogP contribution is -2.95. The average Bonchev–Trinajstić information content (AvgIpc) is 2.91. The Balaban J connectivity index is 1.81. The number of nitrogens with two attached hydrogens (primary N) is 2. The standard InChI is InChI=1S/C17H23BrN2O2/c1-12-9-14(18)3-5-16(12)17-6-4-15(22-17)11-20-8-7-19-10-13(2)21/h3-6,9,13,19-21H,7-8,10-11H2,1-2H3/p+2/t13-/m1/s1. The van der Waals surface area contributed by atoms with Gasteiger partial charge >= 0.3 is 0 Å². The summed E-state index contributed by atoms with van der Waals surface area (Å²) in [6.07, 6.45) is -0.234. The molecule has 0 spiro atoms. The highest BCUT2D eigenvalue weighted by atomic mass is 79.9. The van der Waals surface area contributed by atoms with Gasteiger partial charge in [-0.05, 0) is 49.7 Å². The van der Waals surface area contributed by atoms with E-state index < -0.39 is 0 Å². The van der Waals surface area contributed by atoms with Gasteiger partial charge in [0, 0.05) is 10.0 Å². The van der Waals surface area contributed by atoms with E-state index in [-0.39, 0.29) is 6.10 Å². The van der Waals surface area contributed by atoms with Gasteiger partial charge in [0.1, 0.15) is 31.9 Å². The van der Waals surface area contributed by atoms with E-state index in [1.165, 1.54) is 5.56 Å². The van der Waals surface area contributed by atoms with E-state index in [0.29, 0.717) is 0 Å². The molecular weight excluding hydrogens is 344 g/mol. The van der Waals surface area contributed by atoms with Gasteiger partial charge < -0.3 is 20.2 Å². The Bertz CT molecular complexity index is 596. The lowest BCUT2D eigenvalue weighted by Gasteiger charge is -2.04. The number of hydrogen-bond acceptors (Lipinski definition) is 2. The zero-order valence-electron chi connectivity index (χ0n) is 13.2. The number of hydrogen-bond donors (Lipinski definition) is 3. The summed E-state index contributed by atoms with van der Waals surface area (Å²) in [7, 11) is 0. The van der Waals surface area contributed by atoms with Crippen molar-refractivity contribution in [1.82, 2.24) is 0 Å². The van der Waals surface area contributed by atoms with E-state index in [4.69, 9.17) is 4.42 Å². The highest BCUT2D eigenvalue weighted by Gasteiger charge is 2.09. The Morgan fingerprint density at radius 1 is 1.18 bits per heavy atom. The topological polar surface area (TPSA) is 66.6 Å². The first-order valence-corrected chi connectivity index (χ1v) is 8.52. The quantitative estimate of drug-likeness (QED) is 0.609. The van der Waals surface area contributed by atoms with Gasteiger partial charge in [0.05, 0.1) is 6.10 Å². The van der Waals surface area contributed by atoms with Crippen LogP contribution in [0.4, 0.5) is 0 Å². The Hall–Kier alpha value is -1.14. The predicted octanol–water partition coefficient (Wildman–Crippen LogP) is 1.03. The van der Waals surface area contributed by atoms with Crippen molar-refractivity contribution in [1.29, 1.82) is 0 Å². The Morgan fingerprint density at radius 3 is 2.68 bits per heavy atom. The van der Waals surface area contributed by atoms with Gasteiger partial charge in [-0.3, -0.25) is 0 Å². The first-order valence-electron chi connectivity index (χ1n) is 7.73. The molecule has 0 radical (unpaired) electrons. The molecule has 120 valence electrons. The summed E-state index contributed by atoms with van der Waals surface area (Å²) in [6, 6.07) is 10.3. The van der Waals surface area contributed by atoms with Crippen molar-refractivity contribution in [3.8, 4) is 11.3 Å². The smallest absolute Gasteiger partial charge is 0.158 e. The van der Waals surface area contributed by atoms with Crippen LogP contribution in [0.2, 0.25) is 0 Å². The van der Waals surface area contributed by atoms with Gasteiger partial charge in [0.25, 0.3) is 0 Å². The molecule has 0 amide bonds. The van der Waals surface area contributed by atoms with Gasteiger partial charge in [0.15, 0.2) is 5.76 Å². The molecule has 5 heteroatoms. The summed E-state index contributed by atoms with van der Waals surface area (Å²) < 4.78 is 7.02. The highest BCUT2D eigenvalue weighted by Crippen LogP contribution is 2.27. The molecule has 1 atom stereocenters. The highest BCUT2D eigenvalue weighted by molar-refractivity contribution is 9.10. The fourth-order valence-corrected chi connectivity index (χ4v) is 2.85. The SMILES string of the molecule is Cc1cc(Br)ccc1-c1ccc(C[NH2+]CC[NH2+]C[C@@H](C)O)o1. The van der Waals surface area contributed by atoms with Gasteiger partial charge in [0.2, 0.25) is 0 Å². The third-order valence-electron chi connectivity index (χ3n) is 3.54. The predicted molar refractivity (Wildman–Crippen MR) is 90.4 cm³/mol. The van der Waals surface area contributed by atoms with Crippen LogP contribution in [0.15, 0.2) is 39.2 Å². The molecule has 5 N–H and O–H groups in total. The average molecular weight is 369 g/mol. The van der Waals surface area contributed by atoms with Crippen LogP contribution in [-0.4, -0.2) is 30.8 Å². The zero-order chi connectivity index (χ0) is 15.9. The van der Waals surface area contributed by atoms with Crippen molar-refractivity contribution in [2.45, 2.75) is 26.5 Å². The monoisotopic (exact) mass is 368 g/mol. The van der Waals surface area contributed by atoms with Crippen LogP contribution in [0.5, 0.6) is 0 Å². The van der Waals surface area contributed by atoms with Crippen molar-refractivity contribution in [2.75, 3.05) is 19.6 Å². The van der Waals surface area contributed by atoms with Crippen LogP contribution in [0, 0.1) is 6.92 Å². The Morgan fingerprint density at radius 2 is 1.95 bits per heavy atom. The Labute approximate surface area is 140 Å². The number of aliphatic hydroxyl groups is 1. The van der Waals surface area contributed by atoms with Gasteiger partial charge in [-0.25, -0.2) is 0 Å². The van der Waals surface area contributed by atoms with Gasteiger partial charge in [-0.1, -0.05) is 15.9 Å². The molecule has 0 fully saturated rings. The molecule has 0 aliphatic rings. The number of halogens is 1. The molecule has 4 nitrogen and oxygen atoms in total. The minimum absolute atomic E-state index is 0.234. The molecule has 0 aliphatic carbocycles. The van der Waals surface area contributed by atoms with Crippen LogP contribution in [0.3, 0.4) is 0 Å². The summed E-state index contributed by atoms with van der Waals surface area (Å²) >= 11 is 3.48. The molecule has 0 aliphatic heterocycles. The first-order chi connectivity index (χ1) is 10.6. The fraction of sp³-hybridized carbons (Fsp3) is 0.412. The van der Waals surface area contributed by atoms with Gasteiger partial charge in [-0.2, -0.15) is 0 Å². The largest absolute Gasteiger partial charge is 0.455 e. The third-order valence-corrected chi connectivity index (χ3v) is 4.04. The third kappa shape index (κ3) is 5.25. The molecule has 2 rings (SSSR count). The second-order valence-electron chi connectivity index (χ2n) is 5.67. The number of aryl methyl sites for hydroxylation is 1. The molecule has 0 saturated carbocycles. The Kier molecular flexibility index (Phi) is 6.64. The van der Waals surface area contributed by atoms with E-state index in [9.17, 15) is 5.11 Å². The normalized spacial score (nSPS) is 12.5. The summed E-state index contributed by atoms with van der Waals surface area (Å²) in [5, 5.41) is 13.5. The lowest BCUT2D eigenvalue weighted by molar-refractivity contribution is -0.733. The molecule has 0 bridgehead atoms. The van der Waals surface area contributed by atoms with E-state index in [1.54, 1.807) is 0 Å². The minimum Gasteiger partial charge on any atom is -0.455 e. The molecule has 1 heterocycles. The van der Waals surface area contributed by atoms with E-state index in [1.807, 2.05) is 25.1 Å². The van der Waals surface area contributed by atoms with Crippen molar-refractivity contribution >= 4 is 15.9 Å². The number of aliphatic hydroxyl groups excluding tert-OH is 1. The molecule has 1 aromatic carbocycles. The number of furan rings is 1. The maximum absolute atomic E-state index is 9.18. The van der Waals surface area contributed by atoms with E-state index in [0.717, 1.165) is 47.7 Å². The van der Waals surface area contributed by atoms with E-state index in [2.05, 4.69) is 45.6 Å². The maximum Gasteiger partial charge on any atom is 0.158 e. The van der Waals surface area contributed by atoms with Crippen molar-refractivity contribution in [2.24, 2.45) is 0 Å².